The van der Waals surface area contributed by atoms with Crippen LogP contribution in [0, 0.1) is 0 Å². The highest BCUT2D eigenvalue weighted by molar-refractivity contribution is 9.10. The van der Waals surface area contributed by atoms with Crippen molar-refractivity contribution in [1.82, 2.24) is 10.3 Å². The molecule has 1 aromatic rings. The molecule has 0 radical (unpaired) electrons. The minimum absolute atomic E-state index is 0.570. The highest BCUT2D eigenvalue weighted by atomic mass is 79.9. The van der Waals surface area contributed by atoms with E-state index in [4.69, 9.17) is 0 Å². The second-order valence-corrected chi connectivity index (χ2v) is 4.33. The van der Waals surface area contributed by atoms with Crippen LogP contribution in [0.25, 0.3) is 0 Å². The fourth-order valence-electron chi connectivity index (χ4n) is 1.36. The number of nitrogens with one attached hydrogen (secondary N) is 1. The minimum Gasteiger partial charge on any atom is -0.309 e. The summed E-state index contributed by atoms with van der Waals surface area (Å²) < 4.78 is 0.903. The third kappa shape index (κ3) is 4.20. The van der Waals surface area contributed by atoms with Crippen LogP contribution in [-0.4, -0.2) is 11.0 Å². The SMILES string of the molecule is CCCC(C)NCc1cccc(Br)n1. The molecule has 1 atom stereocenters. The average Bonchev–Trinajstić information content (AvgIpc) is 2.15. The maximum Gasteiger partial charge on any atom is 0.106 e. The fraction of sp³-hybridized carbons (Fsp3) is 0.545. The van der Waals surface area contributed by atoms with Crippen molar-refractivity contribution in [2.24, 2.45) is 0 Å². The number of hydrogen-bond acceptors (Lipinski definition) is 2. The molecule has 3 heteroatoms. The van der Waals surface area contributed by atoms with Gasteiger partial charge in [0.05, 0.1) is 5.69 Å². The predicted molar refractivity (Wildman–Crippen MR) is 63.1 cm³/mol. The Morgan fingerprint density at radius 3 is 2.93 bits per heavy atom. The van der Waals surface area contributed by atoms with Crippen molar-refractivity contribution in [3.8, 4) is 0 Å². The highest BCUT2D eigenvalue weighted by Gasteiger charge is 2.00. The highest BCUT2D eigenvalue weighted by Crippen LogP contribution is 2.06. The number of nitrogens with zero attached hydrogens (tertiary/aromatic N) is 1. The number of pyridine rings is 1. The van der Waals surface area contributed by atoms with Gasteiger partial charge in [-0.05, 0) is 41.4 Å². The summed E-state index contributed by atoms with van der Waals surface area (Å²) in [6.45, 7) is 5.26. The average molecular weight is 257 g/mol. The Labute approximate surface area is 94.3 Å². The van der Waals surface area contributed by atoms with Gasteiger partial charge in [-0.25, -0.2) is 4.98 Å². The second kappa shape index (κ2) is 6.14. The number of aromatic nitrogens is 1. The number of hydrogen-bond donors (Lipinski definition) is 1. The van der Waals surface area contributed by atoms with Gasteiger partial charge in [0.2, 0.25) is 0 Å². The van der Waals surface area contributed by atoms with E-state index in [-0.39, 0.29) is 0 Å². The molecule has 0 aromatic carbocycles. The molecule has 0 aliphatic carbocycles. The molecular formula is C11H17BrN2. The van der Waals surface area contributed by atoms with Crippen molar-refractivity contribution < 1.29 is 0 Å². The Hall–Kier alpha value is -0.410. The molecule has 0 amide bonds. The molecule has 78 valence electrons. The lowest BCUT2D eigenvalue weighted by atomic mass is 10.2. The van der Waals surface area contributed by atoms with Crippen LogP contribution in [0.4, 0.5) is 0 Å². The van der Waals surface area contributed by atoms with Crippen molar-refractivity contribution in [3.05, 3.63) is 28.5 Å². The number of halogens is 1. The third-order valence-electron chi connectivity index (χ3n) is 2.13. The zero-order chi connectivity index (χ0) is 10.4. The summed E-state index contributed by atoms with van der Waals surface area (Å²) in [6.07, 6.45) is 2.44. The summed E-state index contributed by atoms with van der Waals surface area (Å²) in [7, 11) is 0. The summed E-state index contributed by atoms with van der Waals surface area (Å²) in [5, 5.41) is 3.44. The number of rotatable bonds is 5. The summed E-state index contributed by atoms with van der Waals surface area (Å²) >= 11 is 3.36. The van der Waals surface area contributed by atoms with Crippen molar-refractivity contribution in [2.45, 2.75) is 39.3 Å². The molecule has 0 fully saturated rings. The van der Waals surface area contributed by atoms with E-state index in [2.05, 4.69) is 40.1 Å². The van der Waals surface area contributed by atoms with Gasteiger partial charge in [-0.2, -0.15) is 0 Å². The van der Waals surface area contributed by atoms with Crippen LogP contribution in [-0.2, 0) is 6.54 Å². The van der Waals surface area contributed by atoms with Gasteiger partial charge in [-0.3, -0.25) is 0 Å². The van der Waals surface area contributed by atoms with E-state index in [1.807, 2.05) is 18.2 Å². The topological polar surface area (TPSA) is 24.9 Å². The molecule has 0 spiro atoms. The van der Waals surface area contributed by atoms with Crippen molar-refractivity contribution in [3.63, 3.8) is 0 Å². The van der Waals surface area contributed by atoms with Gasteiger partial charge in [0.15, 0.2) is 0 Å². The quantitative estimate of drug-likeness (QED) is 0.820. The first-order valence-corrected chi connectivity index (χ1v) is 5.86. The van der Waals surface area contributed by atoms with Crippen LogP contribution in [0.15, 0.2) is 22.8 Å². The zero-order valence-electron chi connectivity index (χ0n) is 8.76. The Balaban J connectivity index is 2.37. The lowest BCUT2D eigenvalue weighted by Crippen LogP contribution is -2.25. The molecule has 0 saturated carbocycles. The van der Waals surface area contributed by atoms with Crippen LogP contribution in [0.2, 0.25) is 0 Å². The summed E-state index contributed by atoms with van der Waals surface area (Å²) in [5.41, 5.74) is 1.09. The standard InChI is InChI=1S/C11H17BrN2/c1-3-5-9(2)13-8-10-6-4-7-11(12)14-10/h4,6-7,9,13H,3,5,8H2,1-2H3. The van der Waals surface area contributed by atoms with Gasteiger partial charge in [0.25, 0.3) is 0 Å². The molecule has 14 heavy (non-hydrogen) atoms. The van der Waals surface area contributed by atoms with Gasteiger partial charge in [-0.1, -0.05) is 19.4 Å². The lowest BCUT2D eigenvalue weighted by Gasteiger charge is -2.11. The molecule has 0 bridgehead atoms. The Kier molecular flexibility index (Phi) is 5.12. The Bertz CT molecular complexity index is 276. The molecule has 2 nitrogen and oxygen atoms in total. The molecule has 0 aliphatic heterocycles. The molecule has 1 heterocycles. The van der Waals surface area contributed by atoms with Crippen molar-refractivity contribution >= 4 is 15.9 Å². The smallest absolute Gasteiger partial charge is 0.106 e. The van der Waals surface area contributed by atoms with Gasteiger partial charge in [-0.15, -0.1) is 0 Å². The molecule has 1 rings (SSSR count). The van der Waals surface area contributed by atoms with Crippen LogP contribution in [0.5, 0.6) is 0 Å². The summed E-state index contributed by atoms with van der Waals surface area (Å²) in [5.74, 6) is 0. The van der Waals surface area contributed by atoms with Crippen LogP contribution < -0.4 is 5.32 Å². The van der Waals surface area contributed by atoms with E-state index < -0.39 is 0 Å². The van der Waals surface area contributed by atoms with E-state index >= 15 is 0 Å². The summed E-state index contributed by atoms with van der Waals surface area (Å²) in [6, 6.07) is 6.56. The first-order chi connectivity index (χ1) is 6.72. The van der Waals surface area contributed by atoms with E-state index in [9.17, 15) is 0 Å². The first-order valence-electron chi connectivity index (χ1n) is 5.07. The molecule has 0 aliphatic rings. The second-order valence-electron chi connectivity index (χ2n) is 3.52. The molecule has 0 saturated heterocycles. The maximum atomic E-state index is 4.36. The van der Waals surface area contributed by atoms with Crippen LogP contribution in [0.1, 0.15) is 32.4 Å². The molecule has 1 aromatic heterocycles. The lowest BCUT2D eigenvalue weighted by molar-refractivity contribution is 0.504. The van der Waals surface area contributed by atoms with Gasteiger partial charge in [0, 0.05) is 12.6 Å². The summed E-state index contributed by atoms with van der Waals surface area (Å²) in [4.78, 5) is 4.36. The monoisotopic (exact) mass is 256 g/mol. The minimum atomic E-state index is 0.570. The van der Waals surface area contributed by atoms with Crippen LogP contribution in [0.3, 0.4) is 0 Å². The third-order valence-corrected chi connectivity index (χ3v) is 2.57. The van der Waals surface area contributed by atoms with Gasteiger partial charge in [0.1, 0.15) is 4.60 Å². The first kappa shape index (κ1) is 11.7. The van der Waals surface area contributed by atoms with E-state index in [1.165, 1.54) is 12.8 Å². The van der Waals surface area contributed by atoms with E-state index in [1.54, 1.807) is 0 Å². The molecule has 1 unspecified atom stereocenters. The molecule has 1 N–H and O–H groups in total. The maximum absolute atomic E-state index is 4.36. The van der Waals surface area contributed by atoms with Crippen molar-refractivity contribution in [1.29, 1.82) is 0 Å². The van der Waals surface area contributed by atoms with Crippen molar-refractivity contribution in [2.75, 3.05) is 0 Å². The normalized spacial score (nSPS) is 12.8. The fourth-order valence-corrected chi connectivity index (χ4v) is 1.74. The predicted octanol–water partition coefficient (Wildman–Crippen LogP) is 3.12. The van der Waals surface area contributed by atoms with E-state index in [0.29, 0.717) is 6.04 Å². The van der Waals surface area contributed by atoms with Gasteiger partial charge >= 0.3 is 0 Å². The van der Waals surface area contributed by atoms with Crippen LogP contribution >= 0.6 is 15.9 Å². The van der Waals surface area contributed by atoms with Gasteiger partial charge < -0.3 is 5.32 Å². The largest absolute Gasteiger partial charge is 0.309 e. The Morgan fingerprint density at radius 1 is 1.50 bits per heavy atom. The zero-order valence-corrected chi connectivity index (χ0v) is 10.3. The molecular weight excluding hydrogens is 240 g/mol. The van der Waals surface area contributed by atoms with E-state index in [0.717, 1.165) is 16.8 Å². The Morgan fingerprint density at radius 2 is 2.29 bits per heavy atom.